The first-order valence-electron chi connectivity index (χ1n) is 7.55. The van der Waals surface area contributed by atoms with Gasteiger partial charge in [-0.05, 0) is 43.3 Å². The van der Waals surface area contributed by atoms with Gasteiger partial charge in [0, 0.05) is 12.1 Å². The Bertz CT molecular complexity index is 965. The average molecular weight is 393 g/mol. The summed E-state index contributed by atoms with van der Waals surface area (Å²) in [5.41, 5.74) is -0.0290. The Morgan fingerprint density at radius 3 is 2.07 bits per heavy atom. The van der Waals surface area contributed by atoms with Gasteiger partial charge >= 0.3 is 11.9 Å². The van der Waals surface area contributed by atoms with Crippen LogP contribution in [0.5, 0.6) is 5.75 Å². The van der Waals surface area contributed by atoms with Crippen LogP contribution in [0.4, 0.5) is 5.69 Å². The number of nitrogens with zero attached hydrogens (tertiary/aromatic N) is 1. The highest BCUT2D eigenvalue weighted by molar-refractivity contribution is 7.92. The minimum Gasteiger partial charge on any atom is -0.465 e. The molecule has 0 bridgehead atoms. The molecule has 0 amide bonds. The molecule has 27 heavy (non-hydrogen) atoms. The smallest absolute Gasteiger partial charge is 0.337 e. The Balaban J connectivity index is 2.15. The van der Waals surface area contributed by atoms with Crippen molar-refractivity contribution < 1.29 is 32.4 Å². The molecule has 0 heterocycles. The number of ether oxygens (including phenoxy) is 2. The molecule has 0 saturated heterocycles. The SMILES string of the molecule is COC(=O)c1ccc(OC(=O)[C@@H](C)S(=O)(=O)c2ccc([N+](=O)[O-])cc2)cc1. The zero-order valence-corrected chi connectivity index (χ0v) is 15.1. The summed E-state index contributed by atoms with van der Waals surface area (Å²) < 4.78 is 34.6. The van der Waals surface area contributed by atoms with Crippen molar-refractivity contribution in [3.05, 3.63) is 64.2 Å². The fraction of sp³-hybridized carbons (Fsp3) is 0.176. The summed E-state index contributed by atoms with van der Waals surface area (Å²) in [4.78, 5) is 33.3. The topological polar surface area (TPSA) is 130 Å². The first-order valence-corrected chi connectivity index (χ1v) is 9.10. The van der Waals surface area contributed by atoms with E-state index >= 15 is 0 Å². The number of rotatable bonds is 6. The summed E-state index contributed by atoms with van der Waals surface area (Å²) in [7, 11) is -2.87. The van der Waals surface area contributed by atoms with Gasteiger partial charge in [-0.15, -0.1) is 0 Å². The quantitative estimate of drug-likeness (QED) is 0.316. The van der Waals surface area contributed by atoms with Crippen LogP contribution in [0.25, 0.3) is 0 Å². The van der Waals surface area contributed by atoms with Crippen LogP contribution in [0, 0.1) is 10.1 Å². The van der Waals surface area contributed by atoms with Crippen LogP contribution in [-0.4, -0.2) is 37.6 Å². The third kappa shape index (κ3) is 4.47. The van der Waals surface area contributed by atoms with E-state index in [0.717, 1.165) is 31.2 Å². The summed E-state index contributed by atoms with van der Waals surface area (Å²) in [6.07, 6.45) is 0. The second-order valence-corrected chi connectivity index (χ2v) is 7.64. The van der Waals surface area contributed by atoms with Gasteiger partial charge in [0.05, 0.1) is 22.5 Å². The molecule has 2 aromatic rings. The minimum absolute atomic E-state index is 0.0541. The van der Waals surface area contributed by atoms with Crippen molar-refractivity contribution in [3.63, 3.8) is 0 Å². The van der Waals surface area contributed by atoms with Crippen molar-refractivity contribution in [2.75, 3.05) is 7.11 Å². The Morgan fingerprint density at radius 1 is 1.04 bits per heavy atom. The number of carbonyl (C=O) groups is 2. The predicted octanol–water partition coefficient (Wildman–Crippen LogP) is 2.15. The largest absolute Gasteiger partial charge is 0.465 e. The summed E-state index contributed by atoms with van der Waals surface area (Å²) in [5.74, 6) is -1.54. The van der Waals surface area contributed by atoms with Crippen LogP contribution in [-0.2, 0) is 19.4 Å². The van der Waals surface area contributed by atoms with Crippen LogP contribution in [0.1, 0.15) is 17.3 Å². The number of nitro benzene ring substituents is 1. The van der Waals surface area contributed by atoms with Crippen molar-refractivity contribution in [3.8, 4) is 5.75 Å². The van der Waals surface area contributed by atoms with Gasteiger partial charge in [0.2, 0.25) is 0 Å². The summed E-state index contributed by atoms with van der Waals surface area (Å²) in [6.45, 7) is 1.15. The molecule has 0 saturated carbocycles. The number of hydrogen-bond donors (Lipinski definition) is 0. The molecule has 0 fully saturated rings. The lowest BCUT2D eigenvalue weighted by Gasteiger charge is -2.12. The second-order valence-electron chi connectivity index (χ2n) is 5.38. The molecule has 0 aliphatic carbocycles. The highest BCUT2D eigenvalue weighted by Crippen LogP contribution is 2.22. The van der Waals surface area contributed by atoms with Gasteiger partial charge in [-0.2, -0.15) is 0 Å². The molecule has 0 radical (unpaired) electrons. The number of methoxy groups -OCH3 is 1. The third-order valence-electron chi connectivity index (χ3n) is 3.67. The van der Waals surface area contributed by atoms with Gasteiger partial charge in [-0.25, -0.2) is 13.2 Å². The number of nitro groups is 1. The van der Waals surface area contributed by atoms with E-state index in [9.17, 15) is 28.1 Å². The van der Waals surface area contributed by atoms with Gasteiger partial charge in [0.25, 0.3) is 5.69 Å². The third-order valence-corrected chi connectivity index (χ3v) is 5.72. The maximum Gasteiger partial charge on any atom is 0.337 e. The molecule has 0 unspecified atom stereocenters. The lowest BCUT2D eigenvalue weighted by Crippen LogP contribution is -2.31. The summed E-state index contributed by atoms with van der Waals surface area (Å²) in [5, 5.41) is 9.10. The van der Waals surface area contributed by atoms with Crippen molar-refractivity contribution in [1.29, 1.82) is 0 Å². The number of carbonyl (C=O) groups excluding carboxylic acids is 2. The van der Waals surface area contributed by atoms with Gasteiger partial charge in [-0.3, -0.25) is 14.9 Å². The monoisotopic (exact) mass is 393 g/mol. The summed E-state index contributed by atoms with van der Waals surface area (Å²) in [6, 6.07) is 9.58. The van der Waals surface area contributed by atoms with E-state index in [0.29, 0.717) is 0 Å². The number of sulfone groups is 1. The lowest BCUT2D eigenvalue weighted by atomic mass is 10.2. The van der Waals surface area contributed by atoms with Gasteiger partial charge in [-0.1, -0.05) is 0 Å². The molecule has 2 aromatic carbocycles. The van der Waals surface area contributed by atoms with E-state index in [-0.39, 0.29) is 21.9 Å². The maximum atomic E-state index is 12.5. The van der Waals surface area contributed by atoms with E-state index in [1.807, 2.05) is 0 Å². The lowest BCUT2D eigenvalue weighted by molar-refractivity contribution is -0.384. The number of non-ortho nitro benzene ring substituents is 1. The second kappa shape index (κ2) is 7.96. The highest BCUT2D eigenvalue weighted by atomic mass is 32.2. The van der Waals surface area contributed by atoms with Crippen LogP contribution < -0.4 is 4.74 Å². The normalized spacial score (nSPS) is 12.1. The van der Waals surface area contributed by atoms with Crippen molar-refractivity contribution in [1.82, 2.24) is 0 Å². The standard InChI is InChI=1S/C17H15NO8S/c1-11(27(23,24)15-9-5-13(6-10-15)18(21)22)16(19)26-14-7-3-12(4-8-14)17(20)25-2/h3-11H,1-2H3/t11-/m1/s1. The van der Waals surface area contributed by atoms with Gasteiger partial charge in [0.15, 0.2) is 15.1 Å². The van der Waals surface area contributed by atoms with Crippen molar-refractivity contribution in [2.45, 2.75) is 17.1 Å². The van der Waals surface area contributed by atoms with Crippen LogP contribution in [0.2, 0.25) is 0 Å². The van der Waals surface area contributed by atoms with Crippen LogP contribution in [0.3, 0.4) is 0 Å². The highest BCUT2D eigenvalue weighted by Gasteiger charge is 2.32. The average Bonchev–Trinajstić information content (AvgIpc) is 2.67. The molecule has 0 aliphatic heterocycles. The minimum atomic E-state index is -4.10. The van der Waals surface area contributed by atoms with Gasteiger partial charge in [0.1, 0.15) is 5.75 Å². The van der Waals surface area contributed by atoms with Crippen LogP contribution in [0.15, 0.2) is 53.4 Å². The zero-order chi connectivity index (χ0) is 20.2. The van der Waals surface area contributed by atoms with Crippen molar-refractivity contribution in [2.24, 2.45) is 0 Å². The molecule has 0 aliphatic rings. The fourth-order valence-corrected chi connectivity index (χ4v) is 3.29. The van der Waals surface area contributed by atoms with E-state index in [2.05, 4.69) is 4.74 Å². The van der Waals surface area contributed by atoms with Crippen LogP contribution >= 0.6 is 0 Å². The molecular weight excluding hydrogens is 378 g/mol. The first kappa shape index (κ1) is 20.0. The molecule has 2 rings (SSSR count). The molecule has 1 atom stereocenters. The number of benzene rings is 2. The molecule has 9 nitrogen and oxygen atoms in total. The molecule has 10 heteroatoms. The predicted molar refractivity (Wildman–Crippen MR) is 93.2 cm³/mol. The van der Waals surface area contributed by atoms with Crippen molar-refractivity contribution >= 4 is 27.5 Å². The Kier molecular flexibility index (Phi) is 5.91. The zero-order valence-electron chi connectivity index (χ0n) is 14.3. The van der Waals surface area contributed by atoms with E-state index in [1.165, 1.54) is 31.4 Å². The number of esters is 2. The molecule has 0 N–H and O–H groups in total. The van der Waals surface area contributed by atoms with E-state index in [1.54, 1.807) is 0 Å². The fourth-order valence-electron chi connectivity index (χ4n) is 2.06. The first-order chi connectivity index (χ1) is 12.7. The van der Waals surface area contributed by atoms with E-state index in [4.69, 9.17) is 4.74 Å². The molecule has 0 spiro atoms. The Hall–Kier alpha value is -3.27. The Labute approximate surface area is 154 Å². The Morgan fingerprint density at radius 2 is 1.59 bits per heavy atom. The van der Waals surface area contributed by atoms with Gasteiger partial charge < -0.3 is 9.47 Å². The van der Waals surface area contributed by atoms with E-state index < -0.39 is 31.9 Å². The summed E-state index contributed by atoms with van der Waals surface area (Å²) >= 11 is 0. The number of hydrogen-bond acceptors (Lipinski definition) is 8. The maximum absolute atomic E-state index is 12.5. The molecule has 0 aromatic heterocycles. The molecule has 142 valence electrons. The molecular formula is C17H15NO8S.